The van der Waals surface area contributed by atoms with E-state index in [1.54, 1.807) is 24.4 Å². The number of amides is 1. The maximum atomic E-state index is 13.1. The van der Waals surface area contributed by atoms with Crippen molar-refractivity contribution < 1.29 is 14.7 Å². The Morgan fingerprint density at radius 2 is 2.13 bits per heavy atom. The van der Waals surface area contributed by atoms with Crippen LogP contribution >= 0.6 is 24.0 Å². The third kappa shape index (κ3) is 4.88. The molecular formula is C20H22N4O4S2. The third-order valence-corrected chi connectivity index (χ3v) is 5.75. The standard InChI is InChI=1S/C20H22N4O4S2/c1-12(2)11-21-17-13(18(27)23-8-4-3-6-15(23)22-17)10-14-19(28)24(20(29)30-14)9-5-7-16(25)26/h3-4,6,8,10,12,21H,5,7,9,11H2,1-2H3,(H,25,26)/b14-10-. The molecule has 1 aliphatic heterocycles. The van der Waals surface area contributed by atoms with Crippen molar-refractivity contribution in [1.82, 2.24) is 14.3 Å². The van der Waals surface area contributed by atoms with E-state index in [1.807, 2.05) is 13.8 Å². The molecule has 1 saturated heterocycles. The van der Waals surface area contributed by atoms with Crippen molar-refractivity contribution in [2.45, 2.75) is 26.7 Å². The van der Waals surface area contributed by atoms with Crippen LogP contribution in [0, 0.1) is 5.92 Å². The number of aliphatic carboxylic acids is 1. The van der Waals surface area contributed by atoms with Crippen LogP contribution in [-0.2, 0) is 9.59 Å². The Kier molecular flexibility index (Phi) is 6.88. The van der Waals surface area contributed by atoms with Crippen LogP contribution in [0.25, 0.3) is 11.7 Å². The molecule has 1 aliphatic rings. The molecule has 158 valence electrons. The number of aromatic nitrogens is 2. The fraction of sp³-hybridized carbons (Fsp3) is 0.350. The van der Waals surface area contributed by atoms with E-state index in [2.05, 4.69) is 10.3 Å². The summed E-state index contributed by atoms with van der Waals surface area (Å²) in [5.41, 5.74) is 0.500. The van der Waals surface area contributed by atoms with Crippen molar-refractivity contribution >= 4 is 57.7 Å². The summed E-state index contributed by atoms with van der Waals surface area (Å²) in [7, 11) is 0. The molecular weight excluding hydrogens is 424 g/mol. The highest BCUT2D eigenvalue weighted by Crippen LogP contribution is 2.33. The van der Waals surface area contributed by atoms with Crippen molar-refractivity contribution in [3.63, 3.8) is 0 Å². The zero-order valence-corrected chi connectivity index (χ0v) is 18.3. The van der Waals surface area contributed by atoms with Crippen LogP contribution in [0.2, 0.25) is 0 Å². The van der Waals surface area contributed by atoms with Gasteiger partial charge < -0.3 is 10.4 Å². The average Bonchev–Trinajstić information content (AvgIpc) is 2.96. The maximum absolute atomic E-state index is 13.1. The molecule has 0 aromatic carbocycles. The zero-order chi connectivity index (χ0) is 21.8. The van der Waals surface area contributed by atoms with Crippen molar-refractivity contribution in [2.75, 3.05) is 18.4 Å². The number of rotatable bonds is 8. The first-order valence-electron chi connectivity index (χ1n) is 9.50. The smallest absolute Gasteiger partial charge is 0.303 e. The van der Waals surface area contributed by atoms with Gasteiger partial charge in [0.05, 0.1) is 10.5 Å². The van der Waals surface area contributed by atoms with E-state index < -0.39 is 5.97 Å². The number of carbonyl (C=O) groups excluding carboxylic acids is 1. The van der Waals surface area contributed by atoms with E-state index >= 15 is 0 Å². The normalized spacial score (nSPS) is 15.6. The lowest BCUT2D eigenvalue weighted by molar-refractivity contribution is -0.137. The van der Waals surface area contributed by atoms with Gasteiger partial charge in [-0.25, -0.2) is 4.98 Å². The van der Waals surface area contributed by atoms with Gasteiger partial charge in [-0.05, 0) is 30.5 Å². The number of fused-ring (bicyclic) bond motifs is 1. The number of pyridine rings is 1. The first-order chi connectivity index (χ1) is 14.3. The molecule has 2 aromatic rings. The molecule has 2 aromatic heterocycles. The molecule has 0 atom stereocenters. The summed E-state index contributed by atoms with van der Waals surface area (Å²) in [5, 5.41) is 12.0. The molecule has 3 heterocycles. The molecule has 0 unspecified atom stereocenters. The van der Waals surface area contributed by atoms with Gasteiger partial charge >= 0.3 is 5.97 Å². The molecule has 1 amide bonds. The average molecular weight is 447 g/mol. The van der Waals surface area contributed by atoms with Crippen molar-refractivity contribution in [3.05, 3.63) is 45.2 Å². The van der Waals surface area contributed by atoms with E-state index in [9.17, 15) is 14.4 Å². The van der Waals surface area contributed by atoms with Crippen LogP contribution in [-0.4, -0.2) is 48.7 Å². The predicted octanol–water partition coefficient (Wildman–Crippen LogP) is 2.83. The van der Waals surface area contributed by atoms with Gasteiger partial charge in [-0.3, -0.25) is 23.7 Å². The second kappa shape index (κ2) is 9.40. The Morgan fingerprint density at radius 3 is 2.83 bits per heavy atom. The summed E-state index contributed by atoms with van der Waals surface area (Å²) >= 11 is 6.38. The number of carboxylic acids is 1. The molecule has 10 heteroatoms. The number of anilines is 1. The summed E-state index contributed by atoms with van der Waals surface area (Å²) in [5.74, 6) is -0.507. The fourth-order valence-electron chi connectivity index (χ4n) is 2.88. The Hall–Kier alpha value is -2.72. The Bertz CT molecular complexity index is 1090. The topological polar surface area (TPSA) is 104 Å². The lowest BCUT2D eigenvalue weighted by atomic mass is 10.2. The third-order valence-electron chi connectivity index (χ3n) is 4.37. The number of carboxylic acid groups (broad SMARTS) is 1. The van der Waals surface area contributed by atoms with Crippen LogP contribution in [0.1, 0.15) is 32.3 Å². The van der Waals surface area contributed by atoms with Gasteiger partial charge in [0.1, 0.15) is 15.8 Å². The molecule has 3 rings (SSSR count). The lowest BCUT2D eigenvalue weighted by Gasteiger charge is -2.13. The number of carbonyl (C=O) groups is 2. The van der Waals surface area contributed by atoms with Crippen LogP contribution in [0.5, 0.6) is 0 Å². The Labute approximate surface area is 183 Å². The number of thioether (sulfide) groups is 1. The zero-order valence-electron chi connectivity index (χ0n) is 16.6. The van der Waals surface area contributed by atoms with E-state index in [-0.39, 0.29) is 30.0 Å². The summed E-state index contributed by atoms with van der Waals surface area (Å²) in [6.45, 7) is 4.93. The first kappa shape index (κ1) is 22.0. The van der Waals surface area contributed by atoms with Gasteiger partial charge in [-0.2, -0.15) is 0 Å². The van der Waals surface area contributed by atoms with E-state index in [0.29, 0.717) is 39.6 Å². The molecule has 2 N–H and O–H groups in total. The largest absolute Gasteiger partial charge is 0.481 e. The van der Waals surface area contributed by atoms with Gasteiger partial charge in [0.15, 0.2) is 0 Å². The highest BCUT2D eigenvalue weighted by molar-refractivity contribution is 8.26. The predicted molar refractivity (Wildman–Crippen MR) is 122 cm³/mol. The first-order valence-corrected chi connectivity index (χ1v) is 10.7. The lowest BCUT2D eigenvalue weighted by Crippen LogP contribution is -2.29. The molecule has 0 aliphatic carbocycles. The van der Waals surface area contributed by atoms with Crippen LogP contribution in [0.15, 0.2) is 34.1 Å². The molecule has 0 spiro atoms. The van der Waals surface area contributed by atoms with E-state index in [4.69, 9.17) is 17.3 Å². The number of nitrogens with one attached hydrogen (secondary N) is 1. The monoisotopic (exact) mass is 446 g/mol. The highest BCUT2D eigenvalue weighted by Gasteiger charge is 2.32. The molecule has 1 fully saturated rings. The van der Waals surface area contributed by atoms with Crippen LogP contribution in [0.4, 0.5) is 5.82 Å². The minimum atomic E-state index is -0.924. The summed E-state index contributed by atoms with van der Waals surface area (Å²) in [6, 6.07) is 5.28. The van der Waals surface area contributed by atoms with Crippen LogP contribution < -0.4 is 10.9 Å². The molecule has 8 nitrogen and oxygen atoms in total. The van der Waals surface area contributed by atoms with Crippen molar-refractivity contribution in [1.29, 1.82) is 0 Å². The number of hydrogen-bond acceptors (Lipinski definition) is 7. The van der Waals surface area contributed by atoms with Crippen LogP contribution in [0.3, 0.4) is 0 Å². The summed E-state index contributed by atoms with van der Waals surface area (Å²) in [4.78, 5) is 42.9. The quantitative estimate of drug-likeness (QED) is 0.471. The molecule has 30 heavy (non-hydrogen) atoms. The second-order valence-corrected chi connectivity index (χ2v) is 8.89. The Balaban J connectivity index is 1.98. The van der Waals surface area contributed by atoms with Gasteiger partial charge in [0, 0.05) is 25.7 Å². The maximum Gasteiger partial charge on any atom is 0.303 e. The van der Waals surface area contributed by atoms with E-state index in [0.717, 1.165) is 11.8 Å². The second-order valence-electron chi connectivity index (χ2n) is 7.21. The minimum Gasteiger partial charge on any atom is -0.481 e. The molecule has 0 bridgehead atoms. The Morgan fingerprint density at radius 1 is 1.37 bits per heavy atom. The van der Waals surface area contributed by atoms with Gasteiger partial charge in [-0.1, -0.05) is 43.9 Å². The van der Waals surface area contributed by atoms with Crippen molar-refractivity contribution in [3.8, 4) is 0 Å². The fourth-order valence-corrected chi connectivity index (χ4v) is 4.17. The molecule has 0 saturated carbocycles. The SMILES string of the molecule is CC(C)CNc1nc2ccccn2c(=O)c1/C=C1\SC(=S)N(CCCC(=O)O)C1=O. The summed E-state index contributed by atoms with van der Waals surface area (Å²) < 4.78 is 1.78. The minimum absolute atomic E-state index is 0.0463. The van der Waals surface area contributed by atoms with Gasteiger partial charge in [-0.15, -0.1) is 0 Å². The van der Waals surface area contributed by atoms with Crippen molar-refractivity contribution in [2.24, 2.45) is 5.92 Å². The number of hydrogen-bond donors (Lipinski definition) is 2. The van der Waals surface area contributed by atoms with E-state index in [1.165, 1.54) is 15.4 Å². The summed E-state index contributed by atoms with van der Waals surface area (Å²) in [6.07, 6.45) is 3.41. The van der Waals surface area contributed by atoms with Gasteiger partial charge in [0.25, 0.3) is 11.5 Å². The highest BCUT2D eigenvalue weighted by atomic mass is 32.2. The molecule has 0 radical (unpaired) electrons. The number of nitrogens with zero attached hydrogens (tertiary/aromatic N) is 3. The number of thiocarbonyl (C=S) groups is 1. The van der Waals surface area contributed by atoms with Gasteiger partial charge in [0.2, 0.25) is 0 Å².